The van der Waals surface area contributed by atoms with Gasteiger partial charge in [-0.05, 0) is 85.1 Å². The van der Waals surface area contributed by atoms with E-state index >= 15 is 0 Å². The second kappa shape index (κ2) is 8.79. The Bertz CT molecular complexity index is 1030. The van der Waals surface area contributed by atoms with Crippen LogP contribution in [-0.2, 0) is 6.42 Å². The summed E-state index contributed by atoms with van der Waals surface area (Å²) in [6.45, 7) is 2.06. The molecule has 0 amide bonds. The van der Waals surface area contributed by atoms with Gasteiger partial charge in [-0.1, -0.05) is 37.6 Å². The lowest BCUT2D eigenvalue weighted by atomic mass is 9.75. The van der Waals surface area contributed by atoms with E-state index in [2.05, 4.69) is 6.92 Å². The average molecular weight is 414 g/mol. The molecule has 0 aliphatic heterocycles. The van der Waals surface area contributed by atoms with Crippen molar-refractivity contribution in [2.24, 2.45) is 0 Å². The van der Waals surface area contributed by atoms with Crippen molar-refractivity contribution in [3.8, 4) is 0 Å². The van der Waals surface area contributed by atoms with Crippen molar-refractivity contribution >= 4 is 10.8 Å². The lowest BCUT2D eigenvalue weighted by Gasteiger charge is -2.30. The van der Waals surface area contributed by atoms with E-state index in [9.17, 15) is 17.6 Å². The lowest BCUT2D eigenvalue weighted by molar-refractivity contribution is 0.376. The van der Waals surface area contributed by atoms with Crippen LogP contribution in [0.5, 0.6) is 0 Å². The quantitative estimate of drug-likeness (QED) is 0.369. The van der Waals surface area contributed by atoms with Crippen LogP contribution in [0.25, 0.3) is 10.8 Å². The van der Waals surface area contributed by atoms with Gasteiger partial charge in [0, 0.05) is 10.9 Å². The highest BCUT2D eigenvalue weighted by Crippen LogP contribution is 2.42. The Morgan fingerprint density at radius 2 is 1.43 bits per heavy atom. The van der Waals surface area contributed by atoms with Crippen molar-refractivity contribution in [1.29, 1.82) is 0 Å². The van der Waals surface area contributed by atoms with Crippen LogP contribution in [0.4, 0.5) is 17.6 Å². The van der Waals surface area contributed by atoms with Crippen molar-refractivity contribution in [3.63, 3.8) is 0 Å². The van der Waals surface area contributed by atoms with Gasteiger partial charge in [0.15, 0.2) is 11.6 Å². The third kappa shape index (κ3) is 4.10. The maximum Gasteiger partial charge on any atom is 0.166 e. The number of hydrogen-bond donors (Lipinski definition) is 0. The van der Waals surface area contributed by atoms with Gasteiger partial charge in [-0.3, -0.25) is 0 Å². The second-order valence-electron chi connectivity index (χ2n) is 8.47. The predicted molar refractivity (Wildman–Crippen MR) is 113 cm³/mol. The molecule has 4 rings (SSSR count). The molecule has 0 bridgehead atoms. The van der Waals surface area contributed by atoms with Gasteiger partial charge < -0.3 is 0 Å². The lowest BCUT2D eigenvalue weighted by Crippen LogP contribution is -2.15. The van der Waals surface area contributed by atoms with Crippen LogP contribution in [0.1, 0.15) is 74.0 Å². The average Bonchev–Trinajstić information content (AvgIpc) is 2.75. The number of fused-ring (bicyclic) bond motifs is 1. The molecule has 0 saturated heterocycles. The number of hydrogen-bond acceptors (Lipinski definition) is 0. The minimum absolute atomic E-state index is 0.117. The molecular weight excluding hydrogens is 388 g/mol. The zero-order valence-electron chi connectivity index (χ0n) is 17.2. The van der Waals surface area contributed by atoms with Gasteiger partial charge in [0.2, 0.25) is 0 Å². The van der Waals surface area contributed by atoms with Gasteiger partial charge in [-0.15, -0.1) is 0 Å². The Kier molecular flexibility index (Phi) is 6.12. The van der Waals surface area contributed by atoms with E-state index in [-0.39, 0.29) is 22.8 Å². The topological polar surface area (TPSA) is 0 Å². The first-order chi connectivity index (χ1) is 14.5. The molecule has 0 radical (unpaired) electrons. The molecule has 3 aromatic rings. The molecule has 4 heteroatoms. The minimum Gasteiger partial charge on any atom is -0.207 e. The number of benzene rings is 3. The summed E-state index contributed by atoms with van der Waals surface area (Å²) in [6.07, 6.45) is 5.67. The normalized spacial score (nSPS) is 19.4. The molecule has 0 heterocycles. The highest BCUT2D eigenvalue weighted by Gasteiger charge is 2.28. The van der Waals surface area contributed by atoms with Crippen molar-refractivity contribution in [1.82, 2.24) is 0 Å². The van der Waals surface area contributed by atoms with Crippen molar-refractivity contribution < 1.29 is 17.6 Å². The van der Waals surface area contributed by atoms with E-state index in [1.54, 1.807) is 12.1 Å². The molecule has 0 nitrogen and oxygen atoms in total. The monoisotopic (exact) mass is 414 g/mol. The predicted octanol–water partition coefficient (Wildman–Crippen LogP) is 8.18. The third-order valence-corrected chi connectivity index (χ3v) is 6.50. The highest BCUT2D eigenvalue weighted by atomic mass is 19.2. The Hall–Kier alpha value is -2.36. The molecule has 0 unspecified atom stereocenters. The number of halogens is 4. The smallest absolute Gasteiger partial charge is 0.166 e. The molecule has 0 aromatic heterocycles. The first-order valence-electron chi connectivity index (χ1n) is 10.8. The van der Waals surface area contributed by atoms with Crippen LogP contribution >= 0.6 is 0 Å². The standard InChI is InChI=1S/C26H26F4/c1-2-3-4-16-13-23(28)25(24(29)14-16)18-7-5-17(6-8-18)19-9-11-21-20(15-19)10-12-22(27)26(21)30/h9-15,17-18H,2-8H2,1H3. The molecule has 0 spiro atoms. The fraction of sp³-hybridized carbons (Fsp3) is 0.385. The largest absolute Gasteiger partial charge is 0.207 e. The summed E-state index contributed by atoms with van der Waals surface area (Å²) in [4.78, 5) is 0. The van der Waals surface area contributed by atoms with Crippen molar-refractivity contribution in [2.75, 3.05) is 0 Å². The van der Waals surface area contributed by atoms with Gasteiger partial charge >= 0.3 is 0 Å². The first-order valence-corrected chi connectivity index (χ1v) is 10.8. The fourth-order valence-electron chi connectivity index (χ4n) is 4.81. The van der Waals surface area contributed by atoms with Crippen molar-refractivity contribution in [3.05, 3.63) is 82.4 Å². The van der Waals surface area contributed by atoms with Crippen LogP contribution in [0.3, 0.4) is 0 Å². The molecule has 1 fully saturated rings. The van der Waals surface area contributed by atoms with Crippen LogP contribution < -0.4 is 0 Å². The molecule has 1 saturated carbocycles. The van der Waals surface area contributed by atoms with Gasteiger partial charge in [0.25, 0.3) is 0 Å². The Morgan fingerprint density at radius 1 is 0.767 bits per heavy atom. The molecule has 0 atom stereocenters. The molecule has 1 aliphatic carbocycles. The zero-order valence-corrected chi connectivity index (χ0v) is 17.2. The van der Waals surface area contributed by atoms with Crippen molar-refractivity contribution in [2.45, 2.75) is 63.7 Å². The van der Waals surface area contributed by atoms with Gasteiger partial charge in [0.05, 0.1) is 0 Å². The summed E-state index contributed by atoms with van der Waals surface area (Å²) in [5.41, 5.74) is 2.02. The van der Waals surface area contributed by atoms with Gasteiger partial charge in [-0.25, -0.2) is 17.6 Å². The number of aryl methyl sites for hydroxylation is 1. The molecular formula is C26H26F4. The molecule has 158 valence electrons. The minimum atomic E-state index is -0.847. The summed E-state index contributed by atoms with van der Waals surface area (Å²) in [5.74, 6) is -2.38. The first kappa shape index (κ1) is 20.9. The summed E-state index contributed by atoms with van der Waals surface area (Å²) in [7, 11) is 0. The van der Waals surface area contributed by atoms with Crippen LogP contribution in [0, 0.1) is 23.3 Å². The Balaban J connectivity index is 1.49. The highest BCUT2D eigenvalue weighted by molar-refractivity contribution is 5.84. The molecule has 0 N–H and O–H groups in total. The molecule has 1 aliphatic rings. The van der Waals surface area contributed by atoms with E-state index in [0.717, 1.165) is 42.9 Å². The summed E-state index contributed by atoms with van der Waals surface area (Å²) in [5, 5.41) is 0.952. The SMILES string of the molecule is CCCCc1cc(F)c(C2CCC(c3ccc4c(F)c(F)ccc4c3)CC2)c(F)c1. The number of rotatable bonds is 5. The fourth-order valence-corrected chi connectivity index (χ4v) is 4.81. The second-order valence-corrected chi connectivity index (χ2v) is 8.47. The van der Waals surface area contributed by atoms with E-state index in [4.69, 9.17) is 0 Å². The van der Waals surface area contributed by atoms with Gasteiger partial charge in [-0.2, -0.15) is 0 Å². The maximum atomic E-state index is 14.7. The molecule has 30 heavy (non-hydrogen) atoms. The Labute approximate surface area is 174 Å². The summed E-state index contributed by atoms with van der Waals surface area (Å²) in [6, 6.07) is 11.1. The summed E-state index contributed by atoms with van der Waals surface area (Å²) >= 11 is 0. The maximum absolute atomic E-state index is 14.7. The van der Waals surface area contributed by atoms with Crippen LogP contribution in [-0.4, -0.2) is 0 Å². The van der Waals surface area contributed by atoms with Crippen LogP contribution in [0.2, 0.25) is 0 Å². The van der Waals surface area contributed by atoms with E-state index in [1.807, 2.05) is 12.1 Å². The summed E-state index contributed by atoms with van der Waals surface area (Å²) < 4.78 is 56.7. The zero-order chi connectivity index (χ0) is 21.3. The third-order valence-electron chi connectivity index (χ3n) is 6.50. The Morgan fingerprint density at radius 3 is 2.10 bits per heavy atom. The van der Waals surface area contributed by atoms with Gasteiger partial charge in [0.1, 0.15) is 11.6 Å². The number of unbranched alkanes of at least 4 members (excludes halogenated alkanes) is 1. The van der Waals surface area contributed by atoms with E-state index in [1.165, 1.54) is 12.1 Å². The van der Waals surface area contributed by atoms with Crippen LogP contribution in [0.15, 0.2) is 42.5 Å². The van der Waals surface area contributed by atoms with E-state index in [0.29, 0.717) is 24.6 Å². The van der Waals surface area contributed by atoms with E-state index < -0.39 is 23.3 Å². The molecule has 3 aromatic carbocycles.